The summed E-state index contributed by atoms with van der Waals surface area (Å²) in [5.41, 5.74) is 10.3. The van der Waals surface area contributed by atoms with Gasteiger partial charge >= 0.3 is 0 Å². The summed E-state index contributed by atoms with van der Waals surface area (Å²) in [5.74, 6) is 1.40. The third-order valence-corrected chi connectivity index (χ3v) is 5.86. The van der Waals surface area contributed by atoms with E-state index >= 15 is 0 Å². The van der Waals surface area contributed by atoms with E-state index in [1.54, 1.807) is 0 Å². The largest absolute Gasteiger partial charge is 0.323 e. The first kappa shape index (κ1) is 14.9. The minimum atomic E-state index is 0.0517. The van der Waals surface area contributed by atoms with Gasteiger partial charge in [-0.1, -0.05) is 17.7 Å². The van der Waals surface area contributed by atoms with Crippen LogP contribution in [0.4, 0.5) is 0 Å². The van der Waals surface area contributed by atoms with Crippen LogP contribution in [0.1, 0.15) is 30.0 Å². The molecule has 4 heterocycles. The van der Waals surface area contributed by atoms with Crippen molar-refractivity contribution >= 4 is 10.9 Å². The maximum Gasteiger partial charge on any atom is 0.0705 e. The number of nitrogens with zero attached hydrogens (tertiary/aromatic N) is 2. The third kappa shape index (κ3) is 2.48. The molecule has 1 aromatic carbocycles. The number of piperidine rings is 3. The minimum Gasteiger partial charge on any atom is -0.323 e. The lowest BCUT2D eigenvalue weighted by atomic mass is 9.73. The lowest BCUT2D eigenvalue weighted by Crippen LogP contribution is -2.56. The minimum absolute atomic E-state index is 0.0517. The van der Waals surface area contributed by atoms with E-state index in [0.717, 1.165) is 18.0 Å². The molecule has 3 fully saturated rings. The fourth-order valence-electron chi connectivity index (χ4n) is 4.53. The summed E-state index contributed by atoms with van der Waals surface area (Å²) in [4.78, 5) is 7.08. The molecule has 2 N–H and O–H groups in total. The fraction of sp³-hybridized carbons (Fsp3) is 0.450. The highest BCUT2D eigenvalue weighted by atomic mass is 15.2. The van der Waals surface area contributed by atoms with E-state index in [9.17, 15) is 0 Å². The molecule has 3 unspecified atom stereocenters. The first-order valence-electron chi connectivity index (χ1n) is 8.65. The van der Waals surface area contributed by atoms with Gasteiger partial charge in [0.25, 0.3) is 0 Å². The average Bonchev–Trinajstić information content (AvgIpc) is 2.60. The zero-order valence-electron chi connectivity index (χ0n) is 13.8. The molecule has 3 saturated heterocycles. The Kier molecular flexibility index (Phi) is 3.70. The number of pyridine rings is 1. The van der Waals surface area contributed by atoms with E-state index in [-0.39, 0.29) is 6.04 Å². The van der Waals surface area contributed by atoms with Crippen molar-refractivity contribution < 1.29 is 0 Å². The summed E-state index contributed by atoms with van der Waals surface area (Å²) in [7, 11) is 0. The van der Waals surface area contributed by atoms with E-state index < -0.39 is 0 Å². The standard InChI is InChI=1S/C20H25N3/c1-3-14-12-23-9-7-15(14)11-19(23)20(21)16-6-8-22-18-5-4-13(2)10-17(16)18/h3-6,8,10,14-15,19-20H,1,7,9,11-12,21H2,2H3/t14?,15?,19-,20-/m0/s1. The molecular weight excluding hydrogens is 282 g/mol. The second kappa shape index (κ2) is 5.73. The molecule has 5 rings (SSSR count). The number of hydrogen-bond donors (Lipinski definition) is 1. The molecule has 3 nitrogen and oxygen atoms in total. The van der Waals surface area contributed by atoms with Crippen LogP contribution in [-0.4, -0.2) is 29.0 Å². The second-order valence-electron chi connectivity index (χ2n) is 7.19. The van der Waals surface area contributed by atoms with Gasteiger partial charge < -0.3 is 5.73 Å². The van der Waals surface area contributed by atoms with Gasteiger partial charge in [0.2, 0.25) is 0 Å². The summed E-state index contributed by atoms with van der Waals surface area (Å²) < 4.78 is 0. The van der Waals surface area contributed by atoms with Crippen LogP contribution < -0.4 is 5.73 Å². The van der Waals surface area contributed by atoms with E-state index in [0.29, 0.717) is 12.0 Å². The van der Waals surface area contributed by atoms with Gasteiger partial charge in [-0.3, -0.25) is 9.88 Å². The molecule has 0 aliphatic carbocycles. The summed E-state index contributed by atoms with van der Waals surface area (Å²) in [6.45, 7) is 8.44. The molecule has 2 aromatic rings. The van der Waals surface area contributed by atoms with Crippen molar-refractivity contribution in [3.05, 3.63) is 54.2 Å². The number of aromatic nitrogens is 1. The van der Waals surface area contributed by atoms with Crippen molar-refractivity contribution in [3.63, 3.8) is 0 Å². The van der Waals surface area contributed by atoms with Gasteiger partial charge in [0, 0.05) is 30.2 Å². The maximum atomic E-state index is 6.76. The summed E-state index contributed by atoms with van der Waals surface area (Å²) >= 11 is 0. The van der Waals surface area contributed by atoms with Crippen molar-refractivity contribution in [1.29, 1.82) is 0 Å². The number of aryl methyl sites for hydroxylation is 1. The molecule has 3 aliphatic rings. The summed E-state index contributed by atoms with van der Waals surface area (Å²) in [6, 6.07) is 9.04. The van der Waals surface area contributed by atoms with Crippen molar-refractivity contribution in [2.45, 2.75) is 31.8 Å². The van der Waals surface area contributed by atoms with Crippen LogP contribution in [0, 0.1) is 18.8 Å². The Balaban J connectivity index is 1.69. The highest BCUT2D eigenvalue weighted by Crippen LogP contribution is 2.41. The zero-order chi connectivity index (χ0) is 16.0. The van der Waals surface area contributed by atoms with Crippen LogP contribution in [0.15, 0.2) is 43.1 Å². The number of nitrogens with two attached hydrogens (primary N) is 1. The second-order valence-corrected chi connectivity index (χ2v) is 7.19. The lowest BCUT2D eigenvalue weighted by molar-refractivity contribution is 0.00749. The Labute approximate surface area is 138 Å². The van der Waals surface area contributed by atoms with Crippen LogP contribution in [0.25, 0.3) is 10.9 Å². The maximum absolute atomic E-state index is 6.76. The molecule has 1 aromatic heterocycles. The van der Waals surface area contributed by atoms with Gasteiger partial charge in [-0.15, -0.1) is 6.58 Å². The third-order valence-electron chi connectivity index (χ3n) is 5.86. The normalized spacial score (nSPS) is 31.2. The van der Waals surface area contributed by atoms with Crippen LogP contribution in [0.5, 0.6) is 0 Å². The van der Waals surface area contributed by atoms with Crippen molar-refractivity contribution in [3.8, 4) is 0 Å². The number of benzene rings is 1. The van der Waals surface area contributed by atoms with Crippen LogP contribution in [-0.2, 0) is 0 Å². The molecule has 0 radical (unpaired) electrons. The van der Waals surface area contributed by atoms with E-state index in [4.69, 9.17) is 5.73 Å². The molecule has 2 bridgehead atoms. The smallest absolute Gasteiger partial charge is 0.0705 e. The molecule has 0 amide bonds. The van der Waals surface area contributed by atoms with Gasteiger partial charge in [0.15, 0.2) is 0 Å². The molecule has 23 heavy (non-hydrogen) atoms. The van der Waals surface area contributed by atoms with Crippen molar-refractivity contribution in [2.24, 2.45) is 17.6 Å². The van der Waals surface area contributed by atoms with E-state index in [2.05, 4.69) is 53.7 Å². The van der Waals surface area contributed by atoms with Crippen LogP contribution in [0.3, 0.4) is 0 Å². The topological polar surface area (TPSA) is 42.1 Å². The Hall–Kier alpha value is -1.71. The SMILES string of the molecule is C=CC1CN2CCC1C[C@H]2[C@@H](N)c1ccnc2ccc(C)cc12. The lowest BCUT2D eigenvalue weighted by Gasteiger charge is -2.51. The average molecular weight is 307 g/mol. The first-order chi connectivity index (χ1) is 11.2. The molecule has 0 saturated carbocycles. The van der Waals surface area contributed by atoms with Gasteiger partial charge in [-0.05, 0) is 61.9 Å². The predicted octanol–water partition coefficient (Wildman–Crippen LogP) is 3.44. The van der Waals surface area contributed by atoms with Gasteiger partial charge in [-0.2, -0.15) is 0 Å². The van der Waals surface area contributed by atoms with Crippen molar-refractivity contribution in [1.82, 2.24) is 9.88 Å². The van der Waals surface area contributed by atoms with E-state index in [1.807, 2.05) is 6.20 Å². The van der Waals surface area contributed by atoms with Gasteiger partial charge in [0.1, 0.15) is 0 Å². The molecule has 120 valence electrons. The molecule has 3 aliphatic heterocycles. The number of hydrogen-bond acceptors (Lipinski definition) is 3. The van der Waals surface area contributed by atoms with Gasteiger partial charge in [-0.25, -0.2) is 0 Å². The molecule has 5 atom stereocenters. The van der Waals surface area contributed by atoms with Crippen LogP contribution >= 0.6 is 0 Å². The van der Waals surface area contributed by atoms with Crippen molar-refractivity contribution in [2.75, 3.05) is 13.1 Å². The first-order valence-corrected chi connectivity index (χ1v) is 8.65. The number of fused-ring (bicyclic) bond motifs is 4. The highest BCUT2D eigenvalue weighted by Gasteiger charge is 2.41. The Morgan fingerprint density at radius 1 is 1.39 bits per heavy atom. The fourth-order valence-corrected chi connectivity index (χ4v) is 4.53. The van der Waals surface area contributed by atoms with Gasteiger partial charge in [0.05, 0.1) is 5.52 Å². The Morgan fingerprint density at radius 3 is 3.00 bits per heavy atom. The molecule has 3 heteroatoms. The van der Waals surface area contributed by atoms with E-state index in [1.165, 1.54) is 35.9 Å². The Morgan fingerprint density at radius 2 is 2.26 bits per heavy atom. The number of rotatable bonds is 3. The van der Waals surface area contributed by atoms with Crippen LogP contribution in [0.2, 0.25) is 0 Å². The highest BCUT2D eigenvalue weighted by molar-refractivity contribution is 5.83. The summed E-state index contributed by atoms with van der Waals surface area (Å²) in [6.07, 6.45) is 6.52. The predicted molar refractivity (Wildman–Crippen MR) is 95.2 cm³/mol. The molecular formula is C20H25N3. The Bertz CT molecular complexity index is 739. The quantitative estimate of drug-likeness (QED) is 0.883. The molecule has 0 spiro atoms. The zero-order valence-corrected chi connectivity index (χ0v) is 13.8. The monoisotopic (exact) mass is 307 g/mol. The summed E-state index contributed by atoms with van der Waals surface area (Å²) in [5, 5.41) is 1.21.